The molecule has 1 spiro atoms. The van der Waals surface area contributed by atoms with Crippen molar-refractivity contribution < 1.29 is 74.7 Å². The van der Waals surface area contributed by atoms with Crippen LogP contribution in [0.2, 0.25) is 19.6 Å². The van der Waals surface area contributed by atoms with E-state index in [9.17, 15) is 13.2 Å². The minimum absolute atomic E-state index is 0. The Hall–Kier alpha value is -1.79. The summed E-state index contributed by atoms with van der Waals surface area (Å²) in [7, 11) is -5.03. The Bertz CT molecular complexity index is 1080. The molecule has 0 amide bonds. The van der Waals surface area contributed by atoms with E-state index in [0.29, 0.717) is 43.0 Å². The van der Waals surface area contributed by atoms with Crippen LogP contribution in [0.4, 0.5) is 0 Å². The topological polar surface area (TPSA) is 174 Å². The average Bonchev–Trinajstić information content (AvgIpc) is 3.00. The summed E-state index contributed by atoms with van der Waals surface area (Å²) < 4.78 is 72.6. The number of hydrogen-bond acceptors (Lipinski definition) is 3. The van der Waals surface area contributed by atoms with Crippen molar-refractivity contribution in [3.05, 3.63) is 81.5 Å². The number of allylic oxidation sites excluding steroid dienone is 1. The van der Waals surface area contributed by atoms with E-state index in [1.54, 1.807) is 16.4 Å². The second kappa shape index (κ2) is 29.3. The van der Waals surface area contributed by atoms with Crippen molar-refractivity contribution in [2.45, 2.75) is 63.6 Å². The summed E-state index contributed by atoms with van der Waals surface area (Å²) in [6.07, 6.45) is 7.10. The van der Waals surface area contributed by atoms with Gasteiger partial charge in [0.05, 0.1) is 13.0 Å². The van der Waals surface area contributed by atoms with E-state index in [-0.39, 0.29) is 39.5 Å². The molecule has 10 nitrogen and oxygen atoms in total. The number of ketones is 1. The van der Waals surface area contributed by atoms with Gasteiger partial charge in [-0.15, -0.1) is 0 Å². The number of rotatable bonds is 4. The molecule has 0 bridgehead atoms. The normalized spacial score (nSPS) is 16.4. The van der Waals surface area contributed by atoms with E-state index in [1.807, 2.05) is 19.1 Å². The van der Waals surface area contributed by atoms with E-state index >= 15 is 0 Å². The number of benzene rings is 1. The Morgan fingerprint density at radius 2 is 1.24 bits per heavy atom. The molecule has 1 saturated heterocycles. The number of carbonyl (C=O) groups is 1. The van der Waals surface area contributed by atoms with Gasteiger partial charge in [0.25, 0.3) is 0 Å². The Morgan fingerprint density at radius 1 is 0.833 bits per heavy atom. The monoisotopic (exact) mass is 703 g/mol. The molecule has 0 N–H and O–H groups in total. The van der Waals surface area contributed by atoms with Gasteiger partial charge in [-0.3, -0.25) is 4.79 Å². The average molecular weight is 704 g/mol. The minimum atomic E-state index is -3.51. The molecule has 1 aliphatic carbocycles. The van der Waals surface area contributed by atoms with Crippen LogP contribution >= 0.6 is 0 Å². The van der Waals surface area contributed by atoms with Gasteiger partial charge in [0.2, 0.25) is 10.0 Å². The van der Waals surface area contributed by atoms with Crippen LogP contribution in [0.25, 0.3) is 0 Å². The zero-order chi connectivity index (χ0) is 32.6. The number of aryl methyl sites for hydroxylation is 1. The molecule has 1 aromatic rings. The van der Waals surface area contributed by atoms with Gasteiger partial charge in [-0.05, 0) is 56.7 Å². The number of Topliss-reactive ketones (excluding diaryl/α,β-unsaturated/α-hetero) is 1. The molecule has 42 heavy (non-hydrogen) atoms. The first-order valence-corrected chi connectivity index (χ1v) is 16.3. The summed E-state index contributed by atoms with van der Waals surface area (Å²) in [5, 5.41) is 0. The van der Waals surface area contributed by atoms with Gasteiger partial charge in [0.15, 0.2) is 0 Å². The molecule has 1 saturated carbocycles. The fourth-order valence-corrected chi connectivity index (χ4v) is 6.36. The van der Waals surface area contributed by atoms with E-state index in [0.717, 1.165) is 18.4 Å². The quantitative estimate of drug-likeness (QED) is 0.263. The van der Waals surface area contributed by atoms with Crippen LogP contribution in [-0.2, 0) is 76.3 Å². The smallest absolute Gasteiger partial charge is 0 e. The van der Waals surface area contributed by atoms with Gasteiger partial charge >= 0.3 is 67.8 Å². The standard InChI is InChI=1S/C22H31NO3SSi.6CO.2Co/c1-18-8-10-20(11-9-18)27(25,26)23-15-13-22(14-16-23)19(6-5-7-21(22)24)12-17-28(2,3)4;6*1-2;;/h8-11,19H,5-7,13-16H2,1-4H3;;;;;;;;. The van der Waals surface area contributed by atoms with Gasteiger partial charge in [0, 0.05) is 58.5 Å². The largest absolute Gasteiger partial charge is 0 e. The molecular weight excluding hydrogens is 672 g/mol. The summed E-state index contributed by atoms with van der Waals surface area (Å²) in [6.45, 7) is 36.4. The molecule has 1 unspecified atom stereocenters. The zero-order valence-corrected chi connectivity index (χ0v) is 27.4. The first-order chi connectivity index (χ1) is 19.0. The number of nitrogens with zero attached hydrogens (tertiary/aromatic N) is 1. The third-order valence-corrected chi connectivity index (χ3v) is 8.82. The van der Waals surface area contributed by atoms with Crippen LogP contribution in [0.3, 0.4) is 0 Å². The molecule has 1 atom stereocenters. The number of hydrogen-bond donors (Lipinski definition) is 0. The second-order valence-corrected chi connectivity index (χ2v) is 15.9. The maximum Gasteiger partial charge on any atom is 0 e. The zero-order valence-electron chi connectivity index (χ0n) is 23.5. The van der Waals surface area contributed by atoms with Crippen LogP contribution in [-0.4, -0.2) is 39.7 Å². The summed E-state index contributed by atoms with van der Waals surface area (Å²) in [4.78, 5) is 13.3. The third-order valence-electron chi connectivity index (χ3n) is 6.01. The first kappa shape index (κ1) is 52.8. The van der Waals surface area contributed by atoms with Crippen molar-refractivity contribution in [3.63, 3.8) is 0 Å². The molecule has 1 heterocycles. The predicted octanol–water partition coefficient (Wildman–Crippen LogP) is 3.95. The number of sulfonamides is 1. The van der Waals surface area contributed by atoms with Gasteiger partial charge in [-0.1, -0.05) is 43.0 Å². The predicted molar refractivity (Wildman–Crippen MR) is 137 cm³/mol. The van der Waals surface area contributed by atoms with E-state index < -0.39 is 23.5 Å². The molecule has 1 aromatic carbocycles. The van der Waals surface area contributed by atoms with E-state index in [4.69, 9.17) is 27.9 Å². The van der Waals surface area contributed by atoms with Crippen molar-refractivity contribution in [1.29, 1.82) is 0 Å². The third kappa shape index (κ3) is 16.7. The molecule has 2 aliphatic rings. The summed E-state index contributed by atoms with van der Waals surface area (Å²) >= 11 is 0. The first-order valence-electron chi connectivity index (χ1n) is 11.4. The van der Waals surface area contributed by atoms with Gasteiger partial charge in [0.1, 0.15) is 5.78 Å². The van der Waals surface area contributed by atoms with E-state index in [2.05, 4.69) is 71.3 Å². The van der Waals surface area contributed by atoms with Crippen molar-refractivity contribution in [2.75, 3.05) is 13.1 Å². The van der Waals surface area contributed by atoms with Crippen LogP contribution in [0, 0.1) is 69.9 Å². The molecule has 4 radical (unpaired) electrons. The Labute approximate surface area is 271 Å². The maximum atomic E-state index is 13.0. The number of piperidine rings is 1. The van der Waals surface area contributed by atoms with Crippen LogP contribution in [0.15, 0.2) is 29.2 Å². The van der Waals surface area contributed by atoms with Crippen molar-refractivity contribution in [1.82, 2.24) is 4.31 Å². The fourth-order valence-electron chi connectivity index (χ4n) is 4.31. The SMILES string of the molecule is Cc1ccc(S(=O)(=O)N2CCC3(CC2)C(=O)CCCC3[C]=[C][Si](C)(C)C)cc1.[C-]#[O+].[C-]#[O+].[C-]#[O+].[C-]#[O+].[C-]#[O+].[C-]#[O+].[Co].[Co]. The van der Waals surface area contributed by atoms with Gasteiger partial charge < -0.3 is 0 Å². The fraction of sp³-hybridized carbons (Fsp3) is 0.464. The number of carbonyl (C=O) groups excluding carboxylic acids is 1. The van der Waals surface area contributed by atoms with Crippen molar-refractivity contribution >= 4 is 23.9 Å². The van der Waals surface area contributed by atoms with Crippen molar-refractivity contribution in [3.8, 4) is 0 Å². The Morgan fingerprint density at radius 3 is 1.62 bits per heavy atom. The van der Waals surface area contributed by atoms with Crippen molar-refractivity contribution in [2.24, 2.45) is 11.3 Å². The van der Waals surface area contributed by atoms with Crippen LogP contribution in [0.5, 0.6) is 0 Å². The Balaban J connectivity index is -0.000000206. The molecular formula is C28H31Co2NO9SSi. The van der Waals surface area contributed by atoms with Gasteiger partial charge in [-0.25, -0.2) is 8.42 Å². The molecule has 14 heteroatoms. The summed E-state index contributed by atoms with van der Waals surface area (Å²) in [5.41, 5.74) is 4.04. The second-order valence-electron chi connectivity index (χ2n) is 9.26. The summed E-state index contributed by atoms with van der Waals surface area (Å²) in [5.74, 6) is 0.366. The maximum absolute atomic E-state index is 13.0. The van der Waals surface area contributed by atoms with Gasteiger partial charge in [-0.2, -0.15) is 4.31 Å². The molecule has 230 valence electrons. The van der Waals surface area contributed by atoms with E-state index in [1.165, 1.54) is 0 Å². The molecule has 1 aliphatic heterocycles. The minimum Gasteiger partial charge on any atom is 0 e. The summed E-state index contributed by atoms with van der Waals surface area (Å²) in [6, 6.07) is 6.99. The Kier molecular flexibility index (Phi) is 36.8. The molecule has 3 rings (SSSR count). The molecule has 2 fully saturated rings. The molecule has 0 aromatic heterocycles. The van der Waals surface area contributed by atoms with Crippen LogP contribution in [0.1, 0.15) is 37.7 Å². The van der Waals surface area contributed by atoms with Crippen LogP contribution < -0.4 is 0 Å².